The molecule has 29 heavy (non-hydrogen) atoms. The molecule has 0 aromatic carbocycles. The molecule has 8 nitrogen and oxygen atoms in total. The number of hydrogen-bond acceptors (Lipinski definition) is 6. The van der Waals surface area contributed by atoms with Gasteiger partial charge in [0.2, 0.25) is 10.0 Å². The van der Waals surface area contributed by atoms with Gasteiger partial charge in [-0.15, -0.1) is 0 Å². The van der Waals surface area contributed by atoms with Crippen LogP contribution < -0.4 is 4.90 Å². The number of sulfonamides is 1. The van der Waals surface area contributed by atoms with Gasteiger partial charge in [0.1, 0.15) is 16.4 Å². The van der Waals surface area contributed by atoms with Gasteiger partial charge in [-0.05, 0) is 18.2 Å². The smallest absolute Gasteiger partial charge is 0.270 e. The van der Waals surface area contributed by atoms with E-state index in [4.69, 9.17) is 11.6 Å². The summed E-state index contributed by atoms with van der Waals surface area (Å²) < 4.78 is 27.0. The molecule has 1 N–H and O–H groups in total. The van der Waals surface area contributed by atoms with E-state index in [1.807, 2.05) is 4.90 Å². The molecule has 0 aliphatic carbocycles. The van der Waals surface area contributed by atoms with E-state index in [1.165, 1.54) is 16.6 Å². The van der Waals surface area contributed by atoms with Gasteiger partial charge in [-0.2, -0.15) is 16.1 Å². The molecule has 4 heterocycles. The molecule has 2 saturated heterocycles. The minimum absolute atomic E-state index is 0.145. The highest BCUT2D eigenvalue weighted by Gasteiger charge is 2.29. The summed E-state index contributed by atoms with van der Waals surface area (Å²) in [6.07, 6.45) is 3.11. The van der Waals surface area contributed by atoms with E-state index in [-0.39, 0.29) is 10.8 Å². The molecule has 0 spiro atoms. The first kappa shape index (κ1) is 20.5. The van der Waals surface area contributed by atoms with Crippen molar-refractivity contribution in [1.29, 1.82) is 0 Å². The van der Waals surface area contributed by atoms with Gasteiger partial charge in [0.05, 0.1) is 5.02 Å². The van der Waals surface area contributed by atoms with E-state index >= 15 is 0 Å². The zero-order valence-electron chi connectivity index (χ0n) is 15.8. The predicted molar refractivity (Wildman–Crippen MR) is 114 cm³/mol. The number of hydrogen-bond donors (Lipinski definition) is 1. The third-order valence-electron chi connectivity index (χ3n) is 5.10. The topological polar surface area (TPSA) is 89.6 Å². The number of aromatic amines is 1. The summed E-state index contributed by atoms with van der Waals surface area (Å²) in [5.41, 5.74) is 0.291. The fraction of sp³-hybridized carbons (Fsp3) is 0.444. The van der Waals surface area contributed by atoms with Gasteiger partial charge in [0.25, 0.3) is 5.91 Å². The lowest BCUT2D eigenvalue weighted by Crippen LogP contribution is -2.49. The first-order valence-electron chi connectivity index (χ1n) is 9.38. The average molecular weight is 456 g/mol. The summed E-state index contributed by atoms with van der Waals surface area (Å²) in [5, 5.41) is 0.586. The summed E-state index contributed by atoms with van der Waals surface area (Å²) in [5.74, 6) is 2.10. The van der Waals surface area contributed by atoms with Gasteiger partial charge >= 0.3 is 0 Å². The molecular weight excluding hydrogens is 434 g/mol. The van der Waals surface area contributed by atoms with Crippen molar-refractivity contribution in [3.8, 4) is 0 Å². The van der Waals surface area contributed by atoms with Crippen molar-refractivity contribution >= 4 is 45.1 Å². The van der Waals surface area contributed by atoms with Crippen LogP contribution in [0.3, 0.4) is 0 Å². The minimum Gasteiger partial charge on any atom is -0.356 e. The van der Waals surface area contributed by atoms with Gasteiger partial charge in [-0.1, -0.05) is 11.6 Å². The maximum Gasteiger partial charge on any atom is 0.270 e. The molecule has 0 radical (unpaired) electrons. The van der Waals surface area contributed by atoms with E-state index < -0.39 is 10.0 Å². The standard InChI is InChI=1S/C18H22ClN5O3S2/c19-15-2-1-3-20-17(15)22-4-6-23(7-5-22)18(25)16-12-14(13-21-16)29(26,27)24-8-10-28-11-9-24/h1-3,12-13,21H,4-11H2. The van der Waals surface area contributed by atoms with Gasteiger partial charge in [0, 0.05) is 63.2 Å². The number of halogens is 1. The molecule has 0 saturated carbocycles. The highest BCUT2D eigenvalue weighted by Crippen LogP contribution is 2.24. The lowest BCUT2D eigenvalue weighted by Gasteiger charge is -2.35. The number of thioether (sulfide) groups is 1. The van der Waals surface area contributed by atoms with E-state index in [0.717, 1.165) is 11.5 Å². The summed E-state index contributed by atoms with van der Waals surface area (Å²) in [7, 11) is -3.57. The summed E-state index contributed by atoms with van der Waals surface area (Å²) in [4.78, 5) is 23.9. The van der Waals surface area contributed by atoms with Crippen LogP contribution in [0.4, 0.5) is 5.82 Å². The van der Waals surface area contributed by atoms with Crippen LogP contribution in [0, 0.1) is 0 Å². The number of pyridine rings is 1. The quantitative estimate of drug-likeness (QED) is 0.755. The highest BCUT2D eigenvalue weighted by atomic mass is 35.5. The Hall–Kier alpha value is -1.75. The lowest BCUT2D eigenvalue weighted by molar-refractivity contribution is 0.0741. The Kier molecular flexibility index (Phi) is 6.05. The van der Waals surface area contributed by atoms with Crippen molar-refractivity contribution in [2.24, 2.45) is 0 Å². The average Bonchev–Trinajstić information content (AvgIpc) is 3.26. The van der Waals surface area contributed by atoms with Crippen LogP contribution in [-0.4, -0.2) is 84.3 Å². The number of nitrogens with one attached hydrogen (secondary N) is 1. The van der Waals surface area contributed by atoms with Crippen LogP contribution in [-0.2, 0) is 10.0 Å². The van der Waals surface area contributed by atoms with Crippen molar-refractivity contribution in [3.05, 3.63) is 41.3 Å². The SMILES string of the molecule is O=C(c1cc(S(=O)(=O)N2CCSCC2)c[nH]1)N1CCN(c2ncccc2Cl)CC1. The number of aromatic nitrogens is 2. The monoisotopic (exact) mass is 455 g/mol. The number of rotatable bonds is 4. The molecule has 2 aromatic heterocycles. The third-order valence-corrected chi connectivity index (χ3v) is 8.21. The Bertz CT molecular complexity index is 983. The van der Waals surface area contributed by atoms with E-state index in [1.54, 1.807) is 35.0 Å². The van der Waals surface area contributed by atoms with Crippen LogP contribution in [0.5, 0.6) is 0 Å². The lowest BCUT2D eigenvalue weighted by atomic mass is 10.2. The molecule has 2 fully saturated rings. The molecule has 0 bridgehead atoms. The van der Waals surface area contributed by atoms with Crippen LogP contribution >= 0.6 is 23.4 Å². The number of nitrogens with zero attached hydrogens (tertiary/aromatic N) is 4. The second-order valence-corrected chi connectivity index (χ2v) is 10.4. The van der Waals surface area contributed by atoms with Crippen molar-refractivity contribution in [1.82, 2.24) is 19.2 Å². The number of amides is 1. The molecular formula is C18H22ClN5O3S2. The van der Waals surface area contributed by atoms with Crippen LogP contribution in [0.1, 0.15) is 10.5 Å². The first-order chi connectivity index (χ1) is 14.0. The summed E-state index contributed by atoms with van der Waals surface area (Å²) in [6.45, 7) is 3.24. The molecule has 0 unspecified atom stereocenters. The van der Waals surface area contributed by atoms with Gasteiger partial charge < -0.3 is 14.8 Å². The number of H-pyrrole nitrogens is 1. The third kappa shape index (κ3) is 4.25. The van der Waals surface area contributed by atoms with E-state index in [9.17, 15) is 13.2 Å². The van der Waals surface area contributed by atoms with Crippen LogP contribution in [0.15, 0.2) is 35.5 Å². The molecule has 2 aliphatic rings. The van der Waals surface area contributed by atoms with Gasteiger partial charge in [0.15, 0.2) is 0 Å². The van der Waals surface area contributed by atoms with E-state index in [0.29, 0.717) is 55.8 Å². The van der Waals surface area contributed by atoms with Crippen molar-refractivity contribution in [3.63, 3.8) is 0 Å². The van der Waals surface area contributed by atoms with Crippen molar-refractivity contribution < 1.29 is 13.2 Å². The van der Waals surface area contributed by atoms with Gasteiger partial charge in [-0.3, -0.25) is 4.79 Å². The Labute approximate surface area is 179 Å². The molecule has 1 amide bonds. The van der Waals surface area contributed by atoms with Gasteiger partial charge in [-0.25, -0.2) is 13.4 Å². The Morgan fingerprint density at radius 3 is 2.55 bits per heavy atom. The van der Waals surface area contributed by atoms with Crippen LogP contribution in [0.25, 0.3) is 0 Å². The molecule has 4 rings (SSSR count). The fourth-order valence-electron chi connectivity index (χ4n) is 3.48. The Morgan fingerprint density at radius 1 is 1.14 bits per heavy atom. The number of carbonyl (C=O) groups excluding carboxylic acids is 1. The zero-order valence-corrected chi connectivity index (χ0v) is 18.1. The molecule has 156 valence electrons. The fourth-order valence-corrected chi connectivity index (χ4v) is 6.30. The van der Waals surface area contributed by atoms with Crippen molar-refractivity contribution in [2.45, 2.75) is 4.90 Å². The number of piperazine rings is 1. The predicted octanol–water partition coefficient (Wildman–Crippen LogP) is 1.76. The molecule has 2 aromatic rings. The highest BCUT2D eigenvalue weighted by molar-refractivity contribution is 7.99. The zero-order chi connectivity index (χ0) is 20.4. The van der Waals surface area contributed by atoms with E-state index in [2.05, 4.69) is 9.97 Å². The largest absolute Gasteiger partial charge is 0.356 e. The van der Waals surface area contributed by atoms with Crippen LogP contribution in [0.2, 0.25) is 5.02 Å². The number of anilines is 1. The molecule has 0 atom stereocenters. The first-order valence-corrected chi connectivity index (χ1v) is 12.3. The summed E-state index contributed by atoms with van der Waals surface area (Å²) in [6, 6.07) is 5.02. The maximum absolute atomic E-state index is 12.8. The second kappa shape index (κ2) is 8.55. The Balaban J connectivity index is 1.42. The second-order valence-electron chi connectivity index (χ2n) is 6.85. The minimum atomic E-state index is -3.57. The van der Waals surface area contributed by atoms with Crippen molar-refractivity contribution in [2.75, 3.05) is 55.7 Å². The number of carbonyl (C=O) groups is 1. The molecule has 11 heteroatoms. The summed E-state index contributed by atoms with van der Waals surface area (Å²) >= 11 is 7.96. The Morgan fingerprint density at radius 2 is 1.86 bits per heavy atom. The maximum atomic E-state index is 12.8. The normalized spacial score (nSPS) is 18.8. The molecule has 2 aliphatic heterocycles.